The number of carbonyl (C=O) groups excluding carboxylic acids is 2. The van der Waals surface area contributed by atoms with Crippen molar-refractivity contribution in [3.05, 3.63) is 41.5 Å². The second-order valence-corrected chi connectivity index (χ2v) is 4.70. The molecule has 0 spiro atoms. The molecule has 0 bridgehead atoms. The number of benzene rings is 1. The summed E-state index contributed by atoms with van der Waals surface area (Å²) in [5.41, 5.74) is 2.63. The van der Waals surface area contributed by atoms with Gasteiger partial charge in [-0.1, -0.05) is 30.3 Å². The number of hydrogen-bond acceptors (Lipinski definition) is 4. The molecule has 0 radical (unpaired) electrons. The van der Waals surface area contributed by atoms with Gasteiger partial charge < -0.3 is 4.74 Å². The zero-order valence-corrected chi connectivity index (χ0v) is 12.2. The SMILES string of the molecule is CCOC(=O)CN1N=C(C)/C(=C/c2ccccc2)CC1=O. The van der Waals surface area contributed by atoms with Gasteiger partial charge in [0.25, 0.3) is 0 Å². The molecule has 0 atom stereocenters. The van der Waals surface area contributed by atoms with Gasteiger partial charge in [0.15, 0.2) is 0 Å². The highest BCUT2D eigenvalue weighted by molar-refractivity contribution is 6.08. The number of nitrogens with zero attached hydrogens (tertiary/aromatic N) is 2. The first-order chi connectivity index (χ1) is 10.1. The predicted molar refractivity (Wildman–Crippen MR) is 80.5 cm³/mol. The van der Waals surface area contributed by atoms with Crippen molar-refractivity contribution in [2.45, 2.75) is 20.3 Å². The molecular weight excluding hydrogens is 268 g/mol. The molecule has 0 aliphatic carbocycles. The second-order valence-electron chi connectivity index (χ2n) is 4.70. The van der Waals surface area contributed by atoms with Gasteiger partial charge in [-0.05, 0) is 31.1 Å². The van der Waals surface area contributed by atoms with E-state index in [2.05, 4.69) is 5.10 Å². The lowest BCUT2D eigenvalue weighted by molar-refractivity contribution is -0.148. The topological polar surface area (TPSA) is 59.0 Å². The van der Waals surface area contributed by atoms with E-state index >= 15 is 0 Å². The quantitative estimate of drug-likeness (QED) is 0.798. The van der Waals surface area contributed by atoms with E-state index in [0.717, 1.165) is 16.8 Å². The summed E-state index contributed by atoms with van der Waals surface area (Å²) in [6, 6.07) is 9.76. The maximum atomic E-state index is 12.1. The molecule has 1 aromatic carbocycles. The van der Waals surface area contributed by atoms with Crippen LogP contribution in [0.15, 0.2) is 41.0 Å². The Morgan fingerprint density at radius 3 is 2.76 bits per heavy atom. The lowest BCUT2D eigenvalue weighted by Crippen LogP contribution is -2.36. The molecule has 1 aliphatic heterocycles. The van der Waals surface area contributed by atoms with E-state index in [-0.39, 0.29) is 18.9 Å². The highest BCUT2D eigenvalue weighted by Crippen LogP contribution is 2.18. The molecule has 0 fully saturated rings. The van der Waals surface area contributed by atoms with Gasteiger partial charge in [-0.15, -0.1) is 0 Å². The van der Waals surface area contributed by atoms with Crippen LogP contribution in [0.5, 0.6) is 0 Å². The van der Waals surface area contributed by atoms with Gasteiger partial charge in [-0.2, -0.15) is 5.10 Å². The fraction of sp³-hybridized carbons (Fsp3) is 0.312. The van der Waals surface area contributed by atoms with Gasteiger partial charge in [0.2, 0.25) is 5.91 Å². The van der Waals surface area contributed by atoms with E-state index in [1.807, 2.05) is 43.3 Å². The van der Waals surface area contributed by atoms with Gasteiger partial charge >= 0.3 is 5.97 Å². The minimum Gasteiger partial charge on any atom is -0.465 e. The summed E-state index contributed by atoms with van der Waals surface area (Å²) in [7, 11) is 0. The summed E-state index contributed by atoms with van der Waals surface area (Å²) < 4.78 is 4.83. The van der Waals surface area contributed by atoms with Crippen LogP contribution in [0.25, 0.3) is 6.08 Å². The summed E-state index contributed by atoms with van der Waals surface area (Å²) >= 11 is 0. The maximum absolute atomic E-state index is 12.1. The van der Waals surface area contributed by atoms with Crippen molar-refractivity contribution in [2.75, 3.05) is 13.2 Å². The molecule has 1 heterocycles. The van der Waals surface area contributed by atoms with Crippen LogP contribution in [0.4, 0.5) is 0 Å². The van der Waals surface area contributed by atoms with E-state index in [1.165, 1.54) is 5.01 Å². The van der Waals surface area contributed by atoms with Crippen molar-refractivity contribution < 1.29 is 14.3 Å². The van der Waals surface area contributed by atoms with Crippen molar-refractivity contribution in [1.82, 2.24) is 5.01 Å². The average Bonchev–Trinajstić information content (AvgIpc) is 2.45. The van der Waals surface area contributed by atoms with Crippen molar-refractivity contribution in [3.63, 3.8) is 0 Å². The minimum atomic E-state index is -0.446. The standard InChI is InChI=1S/C16H18N2O3/c1-3-21-16(20)11-18-15(19)10-14(12(2)17-18)9-13-7-5-4-6-8-13/h4-9H,3,10-11H2,1-2H3/b14-9+. The molecule has 2 rings (SSSR count). The van der Waals surface area contributed by atoms with Gasteiger partial charge in [0.05, 0.1) is 18.7 Å². The Hall–Kier alpha value is -2.43. The monoisotopic (exact) mass is 286 g/mol. The van der Waals surface area contributed by atoms with Crippen LogP contribution in [0.3, 0.4) is 0 Å². The van der Waals surface area contributed by atoms with Crippen molar-refractivity contribution in [2.24, 2.45) is 5.10 Å². The number of esters is 1. The molecule has 5 nitrogen and oxygen atoms in total. The number of carbonyl (C=O) groups is 2. The van der Waals surface area contributed by atoms with Crippen LogP contribution in [0.1, 0.15) is 25.8 Å². The average molecular weight is 286 g/mol. The normalized spacial score (nSPS) is 16.9. The third kappa shape index (κ3) is 4.02. The van der Waals surface area contributed by atoms with Crippen LogP contribution < -0.4 is 0 Å². The molecule has 0 saturated carbocycles. The zero-order chi connectivity index (χ0) is 15.2. The lowest BCUT2D eigenvalue weighted by atomic mass is 10.0. The highest BCUT2D eigenvalue weighted by Gasteiger charge is 2.24. The number of rotatable bonds is 4. The molecular formula is C16H18N2O3. The molecule has 0 N–H and O–H groups in total. The largest absolute Gasteiger partial charge is 0.465 e. The summed E-state index contributed by atoms with van der Waals surface area (Å²) in [5, 5.41) is 5.37. The fourth-order valence-corrected chi connectivity index (χ4v) is 2.04. The Morgan fingerprint density at radius 1 is 1.38 bits per heavy atom. The molecule has 21 heavy (non-hydrogen) atoms. The van der Waals surface area contributed by atoms with Gasteiger partial charge in [-0.25, -0.2) is 5.01 Å². The Labute approximate surface area is 123 Å². The molecule has 110 valence electrons. The summed E-state index contributed by atoms with van der Waals surface area (Å²) in [4.78, 5) is 23.5. The number of amides is 1. The number of hydrazone groups is 1. The smallest absolute Gasteiger partial charge is 0.327 e. The second kappa shape index (κ2) is 6.83. The molecule has 0 unspecified atom stereocenters. The van der Waals surface area contributed by atoms with Crippen molar-refractivity contribution in [1.29, 1.82) is 0 Å². The highest BCUT2D eigenvalue weighted by atomic mass is 16.5. The molecule has 1 aromatic rings. The van der Waals surface area contributed by atoms with Crippen LogP contribution in [-0.4, -0.2) is 35.7 Å². The van der Waals surface area contributed by atoms with E-state index < -0.39 is 5.97 Å². The fourth-order valence-electron chi connectivity index (χ4n) is 2.04. The third-order valence-electron chi connectivity index (χ3n) is 3.09. The molecule has 1 amide bonds. The minimum absolute atomic E-state index is 0.136. The summed E-state index contributed by atoms with van der Waals surface area (Å²) in [6.45, 7) is 3.72. The summed E-state index contributed by atoms with van der Waals surface area (Å²) in [6.07, 6.45) is 2.18. The molecule has 0 saturated heterocycles. The Kier molecular flexibility index (Phi) is 4.87. The van der Waals surface area contributed by atoms with Gasteiger partial charge in [-0.3, -0.25) is 9.59 Å². The van der Waals surface area contributed by atoms with E-state index in [1.54, 1.807) is 6.92 Å². The maximum Gasteiger partial charge on any atom is 0.327 e. The first kappa shape index (κ1) is 15.0. The zero-order valence-electron chi connectivity index (χ0n) is 12.2. The van der Waals surface area contributed by atoms with E-state index in [4.69, 9.17) is 4.74 Å². The van der Waals surface area contributed by atoms with Crippen molar-refractivity contribution >= 4 is 23.7 Å². The Bertz CT molecular complexity index is 591. The van der Waals surface area contributed by atoms with E-state index in [9.17, 15) is 9.59 Å². The van der Waals surface area contributed by atoms with Crippen LogP contribution >= 0.6 is 0 Å². The first-order valence-corrected chi connectivity index (χ1v) is 6.87. The van der Waals surface area contributed by atoms with Crippen LogP contribution in [-0.2, 0) is 14.3 Å². The number of hydrogen-bond donors (Lipinski definition) is 0. The first-order valence-electron chi connectivity index (χ1n) is 6.87. The van der Waals surface area contributed by atoms with Crippen molar-refractivity contribution in [3.8, 4) is 0 Å². The Balaban J connectivity index is 2.15. The molecule has 5 heteroatoms. The predicted octanol–water partition coefficient (Wildman–Crippen LogP) is 2.24. The lowest BCUT2D eigenvalue weighted by Gasteiger charge is -2.23. The van der Waals surface area contributed by atoms with Crippen LogP contribution in [0, 0.1) is 0 Å². The van der Waals surface area contributed by atoms with Gasteiger partial charge in [0, 0.05) is 0 Å². The number of ether oxygens (including phenoxy) is 1. The van der Waals surface area contributed by atoms with E-state index in [0.29, 0.717) is 6.61 Å². The van der Waals surface area contributed by atoms with Crippen LogP contribution in [0.2, 0.25) is 0 Å². The molecule has 0 aromatic heterocycles. The third-order valence-corrected chi connectivity index (χ3v) is 3.09. The molecule has 1 aliphatic rings. The summed E-state index contributed by atoms with van der Waals surface area (Å²) in [5.74, 6) is -0.645. The Morgan fingerprint density at radius 2 is 2.10 bits per heavy atom. The van der Waals surface area contributed by atoms with Gasteiger partial charge in [0.1, 0.15) is 6.54 Å².